The van der Waals surface area contributed by atoms with Crippen LogP contribution in [0.1, 0.15) is 6.42 Å². The van der Waals surface area contributed by atoms with E-state index in [2.05, 4.69) is 10.8 Å². The molecule has 0 saturated heterocycles. The normalized spacial score (nSPS) is 30.0. The summed E-state index contributed by atoms with van der Waals surface area (Å²) in [5.74, 6) is 0.157. The van der Waals surface area contributed by atoms with Crippen LogP contribution in [0.15, 0.2) is 23.3 Å². The number of esters is 1. The molecule has 0 fully saturated rings. The van der Waals surface area contributed by atoms with E-state index in [-0.39, 0.29) is 24.4 Å². The SMILES string of the molecule is COC(=O)C1=C(CO)[C@@H]2C=C[C@H]1C2. The number of aliphatic hydroxyl groups is 1. The predicted molar refractivity (Wildman–Crippen MR) is 46.9 cm³/mol. The lowest BCUT2D eigenvalue weighted by molar-refractivity contribution is -0.136. The van der Waals surface area contributed by atoms with Gasteiger partial charge < -0.3 is 9.84 Å². The monoisotopic (exact) mass is 180 g/mol. The average molecular weight is 180 g/mol. The lowest BCUT2D eigenvalue weighted by Crippen LogP contribution is -2.13. The van der Waals surface area contributed by atoms with E-state index in [1.54, 1.807) is 0 Å². The van der Waals surface area contributed by atoms with E-state index < -0.39 is 0 Å². The summed E-state index contributed by atoms with van der Waals surface area (Å²) in [4.78, 5) is 11.3. The van der Waals surface area contributed by atoms with Crippen molar-refractivity contribution in [2.45, 2.75) is 6.42 Å². The molecular formula is C10H12O3. The van der Waals surface area contributed by atoms with Gasteiger partial charge in [0, 0.05) is 17.4 Å². The molecule has 2 rings (SSSR count). The van der Waals surface area contributed by atoms with Crippen molar-refractivity contribution in [3.05, 3.63) is 23.3 Å². The molecule has 2 aliphatic carbocycles. The molecule has 1 N–H and O–H groups in total. The van der Waals surface area contributed by atoms with Crippen LogP contribution in [0.3, 0.4) is 0 Å². The van der Waals surface area contributed by atoms with E-state index in [0.717, 1.165) is 12.0 Å². The van der Waals surface area contributed by atoms with Gasteiger partial charge in [0.05, 0.1) is 13.7 Å². The zero-order valence-corrected chi connectivity index (χ0v) is 7.49. The Morgan fingerprint density at radius 3 is 2.92 bits per heavy atom. The first-order valence-corrected chi connectivity index (χ1v) is 4.38. The Hall–Kier alpha value is -1.09. The fourth-order valence-electron chi connectivity index (χ4n) is 2.20. The third kappa shape index (κ3) is 1.11. The molecule has 0 amide bonds. The second-order valence-electron chi connectivity index (χ2n) is 3.42. The Labute approximate surface area is 76.7 Å². The molecule has 13 heavy (non-hydrogen) atoms. The number of allylic oxidation sites excluding steroid dienone is 2. The van der Waals surface area contributed by atoms with Crippen LogP contribution in [0.2, 0.25) is 0 Å². The molecule has 70 valence electrons. The van der Waals surface area contributed by atoms with Gasteiger partial charge >= 0.3 is 5.97 Å². The number of ether oxygens (including phenoxy) is 1. The maximum Gasteiger partial charge on any atom is 0.334 e. The average Bonchev–Trinajstić information content (AvgIpc) is 2.74. The van der Waals surface area contributed by atoms with Crippen molar-refractivity contribution in [3.8, 4) is 0 Å². The number of hydrogen-bond acceptors (Lipinski definition) is 3. The van der Waals surface area contributed by atoms with Gasteiger partial charge in [-0.15, -0.1) is 0 Å². The molecule has 0 radical (unpaired) electrons. The zero-order chi connectivity index (χ0) is 9.42. The smallest absolute Gasteiger partial charge is 0.334 e. The Morgan fingerprint density at radius 2 is 2.31 bits per heavy atom. The minimum atomic E-state index is -0.291. The van der Waals surface area contributed by atoms with Crippen LogP contribution < -0.4 is 0 Å². The first kappa shape index (κ1) is 8.51. The third-order valence-electron chi connectivity index (χ3n) is 2.82. The number of hydrogen-bond donors (Lipinski definition) is 1. The van der Waals surface area contributed by atoms with Gasteiger partial charge in [0.1, 0.15) is 0 Å². The first-order valence-electron chi connectivity index (χ1n) is 4.38. The molecule has 2 aliphatic rings. The molecule has 0 saturated carbocycles. The van der Waals surface area contributed by atoms with Crippen LogP contribution in [0.5, 0.6) is 0 Å². The Balaban J connectivity index is 2.33. The lowest BCUT2D eigenvalue weighted by Gasteiger charge is -2.11. The highest BCUT2D eigenvalue weighted by atomic mass is 16.5. The van der Waals surface area contributed by atoms with Gasteiger partial charge in [-0.3, -0.25) is 0 Å². The molecule has 0 aromatic carbocycles. The number of aliphatic hydroxyl groups excluding tert-OH is 1. The van der Waals surface area contributed by atoms with Crippen molar-refractivity contribution >= 4 is 5.97 Å². The van der Waals surface area contributed by atoms with E-state index in [0.29, 0.717) is 5.57 Å². The molecule has 0 aromatic rings. The van der Waals surface area contributed by atoms with Crippen LogP contribution in [0.25, 0.3) is 0 Å². The van der Waals surface area contributed by atoms with Crippen molar-refractivity contribution in [1.82, 2.24) is 0 Å². The summed E-state index contributed by atoms with van der Waals surface area (Å²) in [6.07, 6.45) is 5.01. The maximum atomic E-state index is 11.3. The summed E-state index contributed by atoms with van der Waals surface area (Å²) in [5, 5.41) is 9.10. The molecular weight excluding hydrogens is 168 g/mol. The molecule has 3 nitrogen and oxygen atoms in total. The molecule has 2 atom stereocenters. The van der Waals surface area contributed by atoms with Gasteiger partial charge in [-0.25, -0.2) is 4.79 Å². The summed E-state index contributed by atoms with van der Waals surface area (Å²) in [6, 6.07) is 0. The minimum absolute atomic E-state index is 0.0318. The fourth-order valence-corrected chi connectivity index (χ4v) is 2.20. The predicted octanol–water partition coefficient (Wildman–Crippen LogP) is 0.654. The molecule has 0 unspecified atom stereocenters. The molecule has 0 aromatic heterocycles. The number of rotatable bonds is 2. The van der Waals surface area contributed by atoms with Crippen molar-refractivity contribution in [3.63, 3.8) is 0 Å². The van der Waals surface area contributed by atoms with E-state index in [4.69, 9.17) is 5.11 Å². The van der Waals surface area contributed by atoms with Gasteiger partial charge in [0.15, 0.2) is 0 Å². The number of methoxy groups -OCH3 is 1. The summed E-state index contributed by atoms with van der Waals surface area (Å²) in [5.41, 5.74) is 1.52. The molecule has 3 heteroatoms. The molecule has 2 bridgehead atoms. The van der Waals surface area contributed by atoms with Crippen LogP contribution in [-0.4, -0.2) is 24.8 Å². The van der Waals surface area contributed by atoms with Gasteiger partial charge in [0.25, 0.3) is 0 Å². The van der Waals surface area contributed by atoms with Crippen molar-refractivity contribution < 1.29 is 14.6 Å². The maximum absolute atomic E-state index is 11.3. The number of carbonyl (C=O) groups excluding carboxylic acids is 1. The Kier molecular flexibility index (Phi) is 1.96. The van der Waals surface area contributed by atoms with Gasteiger partial charge in [-0.05, 0) is 12.0 Å². The van der Waals surface area contributed by atoms with Crippen molar-refractivity contribution in [1.29, 1.82) is 0 Å². The largest absolute Gasteiger partial charge is 0.466 e. The third-order valence-corrected chi connectivity index (χ3v) is 2.82. The summed E-state index contributed by atoms with van der Waals surface area (Å²) in [6.45, 7) is -0.0318. The molecule has 0 heterocycles. The van der Waals surface area contributed by atoms with Gasteiger partial charge in [-0.2, -0.15) is 0 Å². The highest BCUT2D eigenvalue weighted by Crippen LogP contribution is 2.43. The fraction of sp³-hybridized carbons (Fsp3) is 0.500. The second-order valence-corrected chi connectivity index (χ2v) is 3.42. The molecule has 0 spiro atoms. The quantitative estimate of drug-likeness (QED) is 0.501. The summed E-state index contributed by atoms with van der Waals surface area (Å²) in [7, 11) is 1.38. The summed E-state index contributed by atoms with van der Waals surface area (Å²) >= 11 is 0. The van der Waals surface area contributed by atoms with E-state index in [1.165, 1.54) is 7.11 Å². The van der Waals surface area contributed by atoms with Crippen LogP contribution in [-0.2, 0) is 9.53 Å². The Bertz CT molecular complexity index is 301. The lowest BCUT2D eigenvalue weighted by atomic mass is 9.98. The van der Waals surface area contributed by atoms with Gasteiger partial charge in [-0.1, -0.05) is 12.2 Å². The van der Waals surface area contributed by atoms with Crippen LogP contribution >= 0.6 is 0 Å². The highest BCUT2D eigenvalue weighted by Gasteiger charge is 2.38. The van der Waals surface area contributed by atoms with Crippen molar-refractivity contribution in [2.24, 2.45) is 11.8 Å². The minimum Gasteiger partial charge on any atom is -0.466 e. The van der Waals surface area contributed by atoms with E-state index in [9.17, 15) is 4.79 Å². The molecule has 0 aliphatic heterocycles. The van der Waals surface area contributed by atoms with Crippen molar-refractivity contribution in [2.75, 3.05) is 13.7 Å². The van der Waals surface area contributed by atoms with Crippen LogP contribution in [0, 0.1) is 11.8 Å². The highest BCUT2D eigenvalue weighted by molar-refractivity contribution is 5.91. The van der Waals surface area contributed by atoms with Gasteiger partial charge in [0.2, 0.25) is 0 Å². The van der Waals surface area contributed by atoms with Crippen LogP contribution in [0.4, 0.5) is 0 Å². The first-order chi connectivity index (χ1) is 6.27. The Morgan fingerprint density at radius 1 is 1.62 bits per heavy atom. The van der Waals surface area contributed by atoms with E-state index >= 15 is 0 Å². The number of carbonyl (C=O) groups is 1. The van der Waals surface area contributed by atoms with E-state index in [1.807, 2.05) is 6.08 Å². The second kappa shape index (κ2) is 3.00. The topological polar surface area (TPSA) is 46.5 Å². The summed E-state index contributed by atoms with van der Waals surface area (Å²) < 4.78 is 4.68. The zero-order valence-electron chi connectivity index (χ0n) is 7.49. The standard InChI is InChI=1S/C10H12O3/c1-13-10(12)9-7-3-2-6(4-7)8(9)5-11/h2-3,6-7,11H,4-5H2,1H3/t6-,7+/m1/s1. The number of fused-ring (bicyclic) bond motifs is 2.